The van der Waals surface area contributed by atoms with Crippen LogP contribution < -0.4 is 20.3 Å². The van der Waals surface area contributed by atoms with Crippen LogP contribution in [-0.2, 0) is 21.4 Å². The van der Waals surface area contributed by atoms with Crippen LogP contribution in [0.5, 0.6) is 5.75 Å². The van der Waals surface area contributed by atoms with Crippen LogP contribution in [0.15, 0.2) is 47.3 Å². The molecule has 2 N–H and O–H groups in total. The summed E-state index contributed by atoms with van der Waals surface area (Å²) < 4.78 is 32.5. The van der Waals surface area contributed by atoms with Gasteiger partial charge in [0, 0.05) is 11.8 Å². The predicted molar refractivity (Wildman–Crippen MR) is 115 cm³/mol. The number of nitrogens with zero attached hydrogens (tertiary/aromatic N) is 2. The van der Waals surface area contributed by atoms with E-state index in [4.69, 9.17) is 4.74 Å². The first-order valence-electron chi connectivity index (χ1n) is 9.18. The molecule has 0 aliphatic heterocycles. The van der Waals surface area contributed by atoms with E-state index >= 15 is 0 Å². The third kappa shape index (κ3) is 4.60. The molecule has 0 saturated carbocycles. The van der Waals surface area contributed by atoms with E-state index < -0.39 is 15.9 Å². The van der Waals surface area contributed by atoms with Crippen LogP contribution in [0.25, 0.3) is 10.9 Å². The van der Waals surface area contributed by atoms with E-state index in [9.17, 15) is 18.0 Å². The van der Waals surface area contributed by atoms with Gasteiger partial charge in [0.05, 0.1) is 29.5 Å². The standard InChI is InChI=1S/C20H22N4O5S/c1-4-30(27,28)23-17-10-9-14(11-18(17)29-3)22-19(25)12-24-13(2)21-16-8-6-5-7-15(16)20(24)26/h5-11,23H,4,12H2,1-3H3,(H,22,25). The van der Waals surface area contributed by atoms with Crippen molar-refractivity contribution in [3.8, 4) is 5.75 Å². The minimum absolute atomic E-state index is 0.0808. The van der Waals surface area contributed by atoms with E-state index in [1.807, 2.05) is 0 Å². The lowest BCUT2D eigenvalue weighted by Crippen LogP contribution is -2.30. The van der Waals surface area contributed by atoms with Crippen LogP contribution in [0, 0.1) is 6.92 Å². The molecule has 0 aliphatic carbocycles. The van der Waals surface area contributed by atoms with Crippen LogP contribution in [0.4, 0.5) is 11.4 Å². The topological polar surface area (TPSA) is 119 Å². The molecule has 0 radical (unpaired) electrons. The molecule has 0 bridgehead atoms. The van der Waals surface area contributed by atoms with Crippen LogP contribution in [0.2, 0.25) is 0 Å². The smallest absolute Gasteiger partial charge is 0.261 e. The molecule has 3 rings (SSSR count). The van der Waals surface area contributed by atoms with Crippen molar-refractivity contribution in [2.24, 2.45) is 0 Å². The number of para-hydroxylation sites is 1. The molecule has 2 aromatic carbocycles. The third-order valence-electron chi connectivity index (χ3n) is 4.48. The summed E-state index contributed by atoms with van der Waals surface area (Å²) in [6, 6.07) is 11.5. The minimum atomic E-state index is -3.47. The largest absolute Gasteiger partial charge is 0.494 e. The van der Waals surface area contributed by atoms with Crippen LogP contribution in [0.3, 0.4) is 0 Å². The van der Waals surface area contributed by atoms with Gasteiger partial charge in [-0.15, -0.1) is 0 Å². The molecule has 0 saturated heterocycles. The van der Waals surface area contributed by atoms with Crippen molar-refractivity contribution in [1.29, 1.82) is 0 Å². The first-order valence-corrected chi connectivity index (χ1v) is 10.8. The molecular formula is C20H22N4O5S. The zero-order chi connectivity index (χ0) is 21.9. The van der Waals surface area contributed by atoms with Gasteiger partial charge in [0.2, 0.25) is 15.9 Å². The number of carbonyl (C=O) groups is 1. The Bertz CT molecular complexity index is 1270. The van der Waals surface area contributed by atoms with Gasteiger partial charge in [-0.05, 0) is 38.1 Å². The van der Waals surface area contributed by atoms with Gasteiger partial charge in [0.25, 0.3) is 5.56 Å². The van der Waals surface area contributed by atoms with Crippen molar-refractivity contribution < 1.29 is 17.9 Å². The number of ether oxygens (including phenoxy) is 1. The number of aromatic nitrogens is 2. The average molecular weight is 430 g/mol. The Labute approximate surface area is 173 Å². The molecular weight excluding hydrogens is 408 g/mol. The Morgan fingerprint density at radius 3 is 2.63 bits per heavy atom. The highest BCUT2D eigenvalue weighted by Crippen LogP contribution is 2.28. The number of amides is 1. The monoisotopic (exact) mass is 430 g/mol. The summed E-state index contributed by atoms with van der Waals surface area (Å²) >= 11 is 0. The lowest BCUT2D eigenvalue weighted by molar-refractivity contribution is -0.116. The van der Waals surface area contributed by atoms with Crippen LogP contribution >= 0.6 is 0 Å². The summed E-state index contributed by atoms with van der Waals surface area (Å²) in [4.78, 5) is 29.6. The molecule has 0 fully saturated rings. The van der Waals surface area contributed by atoms with Crippen LogP contribution in [0.1, 0.15) is 12.7 Å². The number of sulfonamides is 1. The van der Waals surface area contributed by atoms with Gasteiger partial charge in [-0.1, -0.05) is 12.1 Å². The number of nitrogens with one attached hydrogen (secondary N) is 2. The van der Waals surface area contributed by atoms with Crippen molar-refractivity contribution >= 4 is 38.2 Å². The zero-order valence-electron chi connectivity index (χ0n) is 16.8. The van der Waals surface area contributed by atoms with E-state index in [0.717, 1.165) is 0 Å². The molecule has 9 nitrogen and oxygen atoms in total. The molecule has 0 spiro atoms. The maximum absolute atomic E-state index is 12.7. The first-order chi connectivity index (χ1) is 14.2. The van der Waals surface area contributed by atoms with Crippen molar-refractivity contribution in [1.82, 2.24) is 9.55 Å². The zero-order valence-corrected chi connectivity index (χ0v) is 17.6. The summed E-state index contributed by atoms with van der Waals surface area (Å²) in [5.74, 6) is 0.172. The van der Waals surface area contributed by atoms with Crippen molar-refractivity contribution in [3.05, 3.63) is 58.6 Å². The maximum atomic E-state index is 12.7. The number of anilines is 2. The van der Waals surface area contributed by atoms with Crippen molar-refractivity contribution in [2.45, 2.75) is 20.4 Å². The summed E-state index contributed by atoms with van der Waals surface area (Å²) in [5, 5.41) is 3.12. The van der Waals surface area contributed by atoms with Gasteiger partial charge in [0.15, 0.2) is 0 Å². The fourth-order valence-corrected chi connectivity index (χ4v) is 3.55. The number of fused-ring (bicyclic) bond motifs is 1. The summed E-state index contributed by atoms with van der Waals surface area (Å²) in [6.07, 6.45) is 0. The Morgan fingerprint density at radius 1 is 1.20 bits per heavy atom. The summed E-state index contributed by atoms with van der Waals surface area (Å²) in [6.45, 7) is 2.97. The van der Waals surface area contributed by atoms with Gasteiger partial charge in [0.1, 0.15) is 18.1 Å². The number of benzene rings is 2. The molecule has 3 aromatic rings. The number of aryl methyl sites for hydroxylation is 1. The molecule has 0 aliphatic rings. The highest BCUT2D eigenvalue weighted by molar-refractivity contribution is 7.92. The van der Waals surface area contributed by atoms with Crippen LogP contribution in [-0.4, -0.2) is 36.7 Å². The Hall–Kier alpha value is -3.40. The van der Waals surface area contributed by atoms with E-state index in [1.54, 1.807) is 37.3 Å². The highest BCUT2D eigenvalue weighted by Gasteiger charge is 2.14. The van der Waals surface area contributed by atoms with Crippen molar-refractivity contribution in [2.75, 3.05) is 22.9 Å². The first kappa shape index (κ1) is 21.3. The van der Waals surface area contributed by atoms with E-state index in [0.29, 0.717) is 22.4 Å². The molecule has 158 valence electrons. The quantitative estimate of drug-likeness (QED) is 0.593. The molecule has 1 amide bonds. The maximum Gasteiger partial charge on any atom is 0.261 e. The highest BCUT2D eigenvalue weighted by atomic mass is 32.2. The average Bonchev–Trinajstić information content (AvgIpc) is 2.72. The summed E-state index contributed by atoms with van der Waals surface area (Å²) in [5.41, 5.74) is 0.945. The van der Waals surface area contributed by atoms with Gasteiger partial charge >= 0.3 is 0 Å². The summed E-state index contributed by atoms with van der Waals surface area (Å²) in [7, 11) is -2.07. The van der Waals surface area contributed by atoms with Gasteiger partial charge < -0.3 is 10.1 Å². The number of methoxy groups -OCH3 is 1. The molecule has 1 heterocycles. The van der Waals surface area contributed by atoms with E-state index in [1.165, 1.54) is 30.7 Å². The van der Waals surface area contributed by atoms with Gasteiger partial charge in [-0.3, -0.25) is 18.9 Å². The fraction of sp³-hybridized carbons (Fsp3) is 0.250. The second-order valence-corrected chi connectivity index (χ2v) is 8.55. The Morgan fingerprint density at radius 2 is 1.93 bits per heavy atom. The normalized spacial score (nSPS) is 11.3. The molecule has 30 heavy (non-hydrogen) atoms. The molecule has 0 unspecified atom stereocenters. The number of carbonyl (C=O) groups excluding carboxylic acids is 1. The lowest BCUT2D eigenvalue weighted by Gasteiger charge is -2.14. The predicted octanol–water partition coefficient (Wildman–Crippen LogP) is 2.11. The molecule has 1 aromatic heterocycles. The number of hydrogen-bond donors (Lipinski definition) is 2. The Balaban J connectivity index is 1.82. The molecule has 10 heteroatoms. The van der Waals surface area contributed by atoms with Crippen molar-refractivity contribution in [3.63, 3.8) is 0 Å². The van der Waals surface area contributed by atoms with Gasteiger partial charge in [-0.2, -0.15) is 0 Å². The SMILES string of the molecule is CCS(=O)(=O)Nc1ccc(NC(=O)Cn2c(C)nc3ccccc3c2=O)cc1OC. The third-order valence-corrected chi connectivity index (χ3v) is 5.78. The lowest BCUT2D eigenvalue weighted by atomic mass is 10.2. The fourth-order valence-electron chi connectivity index (χ4n) is 2.90. The minimum Gasteiger partial charge on any atom is -0.494 e. The second kappa shape index (κ2) is 8.54. The second-order valence-electron chi connectivity index (χ2n) is 6.54. The van der Waals surface area contributed by atoms with E-state index in [2.05, 4.69) is 15.0 Å². The Kier molecular flexibility index (Phi) is 6.06. The number of rotatable bonds is 7. The molecule has 0 atom stereocenters. The number of hydrogen-bond acceptors (Lipinski definition) is 6. The van der Waals surface area contributed by atoms with Gasteiger partial charge in [-0.25, -0.2) is 13.4 Å². The van der Waals surface area contributed by atoms with E-state index in [-0.39, 0.29) is 29.3 Å².